The summed E-state index contributed by atoms with van der Waals surface area (Å²) in [6.07, 6.45) is -55.6. The van der Waals surface area contributed by atoms with Crippen molar-refractivity contribution in [2.75, 3.05) is 31.0 Å². The number of alkyl halides is 7. The molecule has 0 aromatic carbocycles. The summed E-state index contributed by atoms with van der Waals surface area (Å²) in [7, 11) is 0. The van der Waals surface area contributed by atoms with Gasteiger partial charge in [0.2, 0.25) is 0 Å². The van der Waals surface area contributed by atoms with E-state index in [2.05, 4.69) is 0 Å². The van der Waals surface area contributed by atoms with Gasteiger partial charge in [-0.05, 0) is 0 Å². The monoisotopic (exact) mass is 1900 g/mol. The molecule has 15 fully saturated rings. The first-order chi connectivity index (χ1) is 36.7. The fourth-order valence-corrected chi connectivity index (χ4v) is 15.2. The number of hydrogen-bond donors (Lipinski definition) is 14. The van der Waals surface area contributed by atoms with Crippen molar-refractivity contribution < 1.29 is 138 Å². The summed E-state index contributed by atoms with van der Waals surface area (Å²) in [5, 5.41) is 161. The number of aliphatic hydroxyl groups is 14. The van der Waals surface area contributed by atoms with Crippen LogP contribution in [-0.4, -0.2) is 317 Å². The van der Waals surface area contributed by atoms with Crippen LogP contribution >= 0.6 is 158 Å². The van der Waals surface area contributed by atoms with Crippen molar-refractivity contribution in [3.05, 3.63) is 0 Å². The quantitative estimate of drug-likeness (QED) is 0.0837. The Bertz CT molecular complexity index is 1490. The molecule has 35 atom stereocenters. The van der Waals surface area contributed by atoms with Gasteiger partial charge in [-0.1, -0.05) is 158 Å². The largest absolute Gasteiger partial charge is 0.387 e. The second-order valence-electron chi connectivity index (χ2n) is 19.5. The van der Waals surface area contributed by atoms with Crippen LogP contribution < -0.4 is 0 Å². The highest BCUT2D eigenvalue weighted by Crippen LogP contribution is 2.40. The molecule has 15 heterocycles. The lowest BCUT2D eigenvalue weighted by Gasteiger charge is -2.50. The molecule has 448 valence electrons. The average molecular weight is 1900 g/mol. The van der Waals surface area contributed by atoms with Crippen molar-refractivity contribution in [3.8, 4) is 0 Å². The van der Waals surface area contributed by atoms with Crippen molar-refractivity contribution in [1.82, 2.24) is 0 Å². The van der Waals surface area contributed by atoms with E-state index in [1.807, 2.05) is 158 Å². The van der Waals surface area contributed by atoms with E-state index in [1.165, 1.54) is 0 Å². The third-order valence-electron chi connectivity index (χ3n) is 14.6. The van der Waals surface area contributed by atoms with Gasteiger partial charge in [-0.15, -0.1) is 0 Å². The van der Waals surface area contributed by atoms with Gasteiger partial charge in [-0.3, -0.25) is 0 Å². The Balaban J connectivity index is 1.08. The maximum absolute atomic E-state index is 11.6. The molecule has 0 amide bonds. The van der Waals surface area contributed by atoms with Crippen LogP contribution in [0, 0.1) is 0 Å². The standard InChI is InChI=1S/C42H63I7O28/c43-1-8-29-15(50)22(57)36(64-8)72-30-9(2-44)66-38(24(59)17(30)52)74-32-11(4-46)68-40(26(61)19(32)54)76-34-13(6-48)70-42(28(63)21(34)56)77-35-14(7-49)69-41(27(62)20(35)55)75-33-12(5-47)67-39(25(60)18(33)53)73-31-10(3-45)65-37(71-29)23(58)16(31)51/h8-42,50-63H,1-7H2/t8-,9-,10-,11-,12-,13-,14-,15-,16-,17-,18-,19-,20-,21-,22-,23-,24-,25-,26-,27-,28?,29-,30-,31-,32-,33-,34-,35-,36-,37-,38-,39-,40-,41-,42-/m1/s1. The lowest BCUT2D eigenvalue weighted by Crippen LogP contribution is -2.68. The molecular weight excluding hydrogens is 1840 g/mol. The number of aliphatic hydroxyl groups excluding tert-OH is 14. The van der Waals surface area contributed by atoms with E-state index < -0.39 is 215 Å². The van der Waals surface area contributed by atoms with Crippen LogP contribution in [0.1, 0.15) is 0 Å². The second-order valence-corrected chi connectivity index (χ2v) is 25.6. The molecule has 0 radical (unpaired) electrons. The predicted octanol–water partition coefficient (Wildman–Crippen LogP) is -5.13. The average Bonchev–Trinajstić information content (AvgIpc) is 3.42. The van der Waals surface area contributed by atoms with Gasteiger partial charge in [-0.2, -0.15) is 0 Å². The van der Waals surface area contributed by atoms with E-state index in [4.69, 9.17) is 66.3 Å². The summed E-state index contributed by atoms with van der Waals surface area (Å²) in [4.78, 5) is 0. The molecule has 14 bridgehead atoms. The molecule has 0 aliphatic carbocycles. The smallest absolute Gasteiger partial charge is 0.187 e. The van der Waals surface area contributed by atoms with Crippen LogP contribution in [0.3, 0.4) is 0 Å². The van der Waals surface area contributed by atoms with E-state index >= 15 is 0 Å². The Hall–Kier alpha value is 3.99. The molecule has 15 rings (SSSR count). The van der Waals surface area contributed by atoms with Crippen LogP contribution in [0.2, 0.25) is 0 Å². The lowest BCUT2D eigenvalue weighted by atomic mass is 9.96. The maximum atomic E-state index is 11.6. The molecule has 28 nitrogen and oxygen atoms in total. The summed E-state index contributed by atoms with van der Waals surface area (Å²) < 4.78 is 85.7. The van der Waals surface area contributed by atoms with Gasteiger partial charge < -0.3 is 138 Å². The van der Waals surface area contributed by atoms with Crippen LogP contribution in [0.4, 0.5) is 0 Å². The molecule has 14 N–H and O–H groups in total. The Morgan fingerprint density at radius 1 is 0.169 bits per heavy atom. The van der Waals surface area contributed by atoms with E-state index in [9.17, 15) is 71.5 Å². The van der Waals surface area contributed by atoms with Gasteiger partial charge in [-0.25, -0.2) is 0 Å². The van der Waals surface area contributed by atoms with Gasteiger partial charge in [0.1, 0.15) is 128 Å². The Morgan fingerprint density at radius 2 is 0.273 bits per heavy atom. The summed E-state index contributed by atoms with van der Waals surface area (Å²) in [5.41, 5.74) is 0. The number of rotatable bonds is 7. The molecule has 35 heteroatoms. The zero-order chi connectivity index (χ0) is 56.1. The Labute approximate surface area is 535 Å². The zero-order valence-electron chi connectivity index (χ0n) is 39.8. The minimum atomic E-state index is -1.90. The summed E-state index contributed by atoms with van der Waals surface area (Å²) in [6.45, 7) is 0. The van der Waals surface area contributed by atoms with Crippen molar-refractivity contribution in [1.29, 1.82) is 0 Å². The highest BCUT2D eigenvalue weighted by atomic mass is 127. The number of hydrogen-bond acceptors (Lipinski definition) is 28. The van der Waals surface area contributed by atoms with Crippen molar-refractivity contribution in [2.45, 2.75) is 215 Å². The second kappa shape index (κ2) is 29.5. The normalized spacial score (nSPS) is 55.4. The number of fused-ring (bicyclic) bond motifs is 7. The van der Waals surface area contributed by atoms with Crippen LogP contribution in [-0.2, 0) is 66.3 Å². The molecule has 15 aliphatic rings. The number of halogens is 7. The zero-order valence-corrected chi connectivity index (χ0v) is 54.9. The molecule has 15 aliphatic heterocycles. The summed E-state index contributed by atoms with van der Waals surface area (Å²) in [5.74, 6) is 0. The van der Waals surface area contributed by atoms with Crippen molar-refractivity contribution >= 4 is 158 Å². The third kappa shape index (κ3) is 14.1. The van der Waals surface area contributed by atoms with Crippen LogP contribution in [0.5, 0.6) is 0 Å². The van der Waals surface area contributed by atoms with Crippen molar-refractivity contribution in [3.63, 3.8) is 0 Å². The fourth-order valence-electron chi connectivity index (χ4n) is 10.3. The molecule has 1 unspecified atom stereocenters. The van der Waals surface area contributed by atoms with E-state index in [0.29, 0.717) is 0 Å². The maximum Gasteiger partial charge on any atom is 0.187 e. The molecule has 0 aromatic heterocycles. The topological polar surface area (TPSA) is 412 Å². The van der Waals surface area contributed by atoms with Gasteiger partial charge in [0.05, 0.1) is 42.7 Å². The van der Waals surface area contributed by atoms with Gasteiger partial charge in [0, 0.05) is 31.0 Å². The van der Waals surface area contributed by atoms with Crippen molar-refractivity contribution in [2.24, 2.45) is 0 Å². The van der Waals surface area contributed by atoms with Gasteiger partial charge in [0.25, 0.3) is 0 Å². The summed E-state index contributed by atoms with van der Waals surface area (Å²) >= 11 is 13.5. The molecule has 0 aromatic rings. The first kappa shape index (κ1) is 66.9. The van der Waals surface area contributed by atoms with E-state index in [1.54, 1.807) is 0 Å². The molecule has 0 spiro atoms. The predicted molar refractivity (Wildman–Crippen MR) is 311 cm³/mol. The van der Waals surface area contributed by atoms with Crippen LogP contribution in [0.15, 0.2) is 0 Å². The SMILES string of the molecule is OC1[C@H]2O[C@H]3[C@H](O)[C@@H](O)[C@@H](O[C@H]4[C@H](O)[C@@H](O)[C@@H](O[C@H]5[C@H](O)[C@@H](O)[C@@H](O[C@H]6[C@H](O)[C@@H](O)[C@@H](O[C@H]7[C@H](O)[C@@H](O)[C@@H](O[C@H]8[C@H](O)[C@@H](O)[C@@H](O[C@@H]([C@@H]1O)[C@@H](CI)O2)O[C@@H]8CI)O[C@@H]7CI)O[C@@H]6CI)O[C@@H]5CI)O[C@@H]4CI)O[C@@H]3CI. The Kier molecular flexibility index (Phi) is 25.7. The first-order valence-corrected chi connectivity index (χ1v) is 35.0. The van der Waals surface area contributed by atoms with Gasteiger partial charge >= 0.3 is 0 Å². The summed E-state index contributed by atoms with van der Waals surface area (Å²) in [6, 6.07) is 0. The lowest BCUT2D eigenvalue weighted by molar-refractivity contribution is -0.388. The highest BCUT2D eigenvalue weighted by molar-refractivity contribution is 14.1. The highest BCUT2D eigenvalue weighted by Gasteiger charge is 2.59. The van der Waals surface area contributed by atoms with E-state index in [-0.39, 0.29) is 31.0 Å². The Morgan fingerprint density at radius 3 is 0.364 bits per heavy atom. The molecule has 15 saturated heterocycles. The minimum absolute atomic E-state index is 0.0801. The minimum Gasteiger partial charge on any atom is -0.387 e. The van der Waals surface area contributed by atoms with E-state index in [0.717, 1.165) is 0 Å². The molecule has 0 saturated carbocycles. The third-order valence-corrected chi connectivity index (χ3v) is 20.7. The molecule has 77 heavy (non-hydrogen) atoms. The molecular formula is C42H63I7O28. The van der Waals surface area contributed by atoms with Gasteiger partial charge in [0.15, 0.2) is 44.0 Å². The first-order valence-electron chi connectivity index (χ1n) is 24.3. The van der Waals surface area contributed by atoms with Crippen LogP contribution in [0.25, 0.3) is 0 Å². The fraction of sp³-hybridized carbons (Fsp3) is 1.00. The number of ether oxygens (including phenoxy) is 14.